The lowest BCUT2D eigenvalue weighted by molar-refractivity contribution is -0.145. The third-order valence-corrected chi connectivity index (χ3v) is 3.92. The Kier molecular flexibility index (Phi) is 1.33. The van der Waals surface area contributed by atoms with Crippen molar-refractivity contribution < 1.29 is 19.1 Å². The van der Waals surface area contributed by atoms with E-state index in [1.807, 2.05) is 0 Å². The van der Waals surface area contributed by atoms with Crippen LogP contribution in [0, 0.1) is 11.8 Å². The number of nitrogens with zero attached hydrogens (tertiary/aromatic N) is 1. The van der Waals surface area contributed by atoms with Gasteiger partial charge in [-0.1, -0.05) is 0 Å². The van der Waals surface area contributed by atoms with Crippen LogP contribution in [0.25, 0.3) is 0 Å². The number of imide groups is 1. The van der Waals surface area contributed by atoms with Gasteiger partial charge >= 0.3 is 0 Å². The molecule has 4 aliphatic heterocycles. The average molecular weight is 209 g/mol. The molecule has 15 heavy (non-hydrogen) atoms. The van der Waals surface area contributed by atoms with Crippen LogP contribution in [0.15, 0.2) is 0 Å². The van der Waals surface area contributed by atoms with E-state index in [0.717, 1.165) is 12.8 Å². The van der Waals surface area contributed by atoms with Crippen LogP contribution in [0.2, 0.25) is 0 Å². The van der Waals surface area contributed by atoms with Crippen LogP contribution in [0.4, 0.5) is 0 Å². The fourth-order valence-electron chi connectivity index (χ4n) is 3.21. The average Bonchev–Trinajstić information content (AvgIpc) is 2.75. The maximum Gasteiger partial charge on any atom is 0.238 e. The van der Waals surface area contributed by atoms with E-state index in [1.54, 1.807) is 0 Å². The van der Waals surface area contributed by atoms with E-state index in [9.17, 15) is 9.59 Å². The Morgan fingerprint density at radius 2 is 1.60 bits per heavy atom. The molecule has 4 rings (SSSR count). The van der Waals surface area contributed by atoms with Crippen LogP contribution in [0.1, 0.15) is 12.8 Å². The van der Waals surface area contributed by atoms with Crippen molar-refractivity contribution in [3.05, 3.63) is 0 Å². The number of carbonyl (C=O) groups is 2. The predicted molar refractivity (Wildman–Crippen MR) is 46.5 cm³/mol. The highest BCUT2D eigenvalue weighted by atomic mass is 16.6. The summed E-state index contributed by atoms with van der Waals surface area (Å²) >= 11 is 0. The van der Waals surface area contributed by atoms with Crippen LogP contribution in [-0.4, -0.2) is 41.8 Å². The van der Waals surface area contributed by atoms with E-state index in [-0.39, 0.29) is 42.1 Å². The van der Waals surface area contributed by atoms with Crippen molar-refractivity contribution in [3.63, 3.8) is 0 Å². The Morgan fingerprint density at radius 3 is 2.07 bits per heavy atom. The van der Waals surface area contributed by atoms with Gasteiger partial charge in [0.25, 0.3) is 0 Å². The van der Waals surface area contributed by atoms with Gasteiger partial charge in [0, 0.05) is 0 Å². The highest BCUT2D eigenvalue weighted by molar-refractivity contribution is 6.06. The first-order chi connectivity index (χ1) is 7.27. The molecule has 3 unspecified atom stereocenters. The van der Waals surface area contributed by atoms with Crippen LogP contribution in [-0.2, 0) is 19.1 Å². The summed E-state index contributed by atoms with van der Waals surface area (Å²) in [7, 11) is 0. The number of hydrogen-bond acceptors (Lipinski definition) is 4. The summed E-state index contributed by atoms with van der Waals surface area (Å²) in [5, 5.41) is 0. The fraction of sp³-hybridized carbons (Fsp3) is 0.800. The summed E-state index contributed by atoms with van der Waals surface area (Å²) in [6.07, 6.45) is 1.55. The van der Waals surface area contributed by atoms with E-state index in [4.69, 9.17) is 9.47 Å². The molecule has 0 spiro atoms. The van der Waals surface area contributed by atoms with E-state index in [0.29, 0.717) is 6.61 Å². The molecule has 4 heterocycles. The quantitative estimate of drug-likeness (QED) is 0.431. The lowest BCUT2D eigenvalue weighted by Gasteiger charge is -2.15. The molecule has 5 heteroatoms. The van der Waals surface area contributed by atoms with Gasteiger partial charge in [-0.15, -0.1) is 0 Å². The summed E-state index contributed by atoms with van der Waals surface area (Å²) in [5.74, 6) is -0.555. The molecule has 4 fully saturated rings. The highest BCUT2D eigenvalue weighted by Crippen LogP contribution is 2.49. The van der Waals surface area contributed by atoms with Crippen molar-refractivity contribution >= 4 is 11.8 Å². The van der Waals surface area contributed by atoms with Crippen LogP contribution in [0.5, 0.6) is 0 Å². The van der Waals surface area contributed by atoms with Gasteiger partial charge in [-0.25, -0.2) is 0 Å². The second kappa shape index (κ2) is 2.41. The summed E-state index contributed by atoms with van der Waals surface area (Å²) < 4.78 is 10.7. The fourth-order valence-corrected chi connectivity index (χ4v) is 3.21. The zero-order valence-corrected chi connectivity index (χ0v) is 8.09. The third-order valence-electron chi connectivity index (χ3n) is 3.92. The molecule has 0 aromatic rings. The van der Waals surface area contributed by atoms with Gasteiger partial charge < -0.3 is 9.47 Å². The number of amides is 2. The van der Waals surface area contributed by atoms with Crippen LogP contribution in [0.3, 0.4) is 0 Å². The van der Waals surface area contributed by atoms with Crippen LogP contribution >= 0.6 is 0 Å². The third kappa shape index (κ3) is 0.862. The molecule has 2 bridgehead atoms. The Balaban J connectivity index is 1.74. The Labute approximate surface area is 86.3 Å². The van der Waals surface area contributed by atoms with E-state index < -0.39 is 0 Å². The zero-order chi connectivity index (χ0) is 10.2. The molecular weight excluding hydrogens is 198 g/mol. The first-order valence-corrected chi connectivity index (χ1v) is 5.41. The van der Waals surface area contributed by atoms with Crippen molar-refractivity contribution in [3.8, 4) is 0 Å². The van der Waals surface area contributed by atoms with Crippen molar-refractivity contribution in [2.24, 2.45) is 11.8 Å². The SMILES string of the molecule is O=C1C2C(C(=O)N1C1CO1)[C@H]1CC[C@H]2O1. The smallest absolute Gasteiger partial charge is 0.238 e. The molecule has 0 N–H and O–H groups in total. The topological polar surface area (TPSA) is 59.1 Å². The van der Waals surface area contributed by atoms with Gasteiger partial charge in [-0.2, -0.15) is 0 Å². The lowest BCUT2D eigenvalue weighted by Crippen LogP contribution is -2.36. The lowest BCUT2D eigenvalue weighted by atomic mass is 9.81. The van der Waals surface area contributed by atoms with E-state index in [1.165, 1.54) is 4.90 Å². The maximum absolute atomic E-state index is 12.0. The molecule has 80 valence electrons. The van der Waals surface area contributed by atoms with Gasteiger partial charge in [0.05, 0.1) is 30.7 Å². The van der Waals surface area contributed by atoms with Gasteiger partial charge in [0.1, 0.15) is 0 Å². The number of carbonyl (C=O) groups excluding carboxylic acids is 2. The molecular formula is C10H11NO4. The first kappa shape index (κ1) is 8.24. The van der Waals surface area contributed by atoms with Gasteiger partial charge in [-0.3, -0.25) is 14.5 Å². The van der Waals surface area contributed by atoms with Gasteiger partial charge in [0.15, 0.2) is 6.23 Å². The summed E-state index contributed by atoms with van der Waals surface area (Å²) in [4.78, 5) is 25.4. The van der Waals surface area contributed by atoms with Gasteiger partial charge in [0.2, 0.25) is 11.8 Å². The van der Waals surface area contributed by atoms with Crippen molar-refractivity contribution in [2.45, 2.75) is 31.3 Å². The molecule has 5 nitrogen and oxygen atoms in total. The summed E-state index contributed by atoms with van der Waals surface area (Å²) in [5.41, 5.74) is 0. The number of epoxide rings is 1. The number of hydrogen-bond donors (Lipinski definition) is 0. The van der Waals surface area contributed by atoms with Crippen molar-refractivity contribution in [1.29, 1.82) is 0 Å². The molecule has 0 radical (unpaired) electrons. The van der Waals surface area contributed by atoms with Gasteiger partial charge in [-0.05, 0) is 12.8 Å². The molecule has 0 aromatic carbocycles. The van der Waals surface area contributed by atoms with E-state index in [2.05, 4.69) is 0 Å². The molecule has 0 saturated carbocycles. The molecule has 4 aliphatic rings. The predicted octanol–water partition coefficient (Wildman–Crippen LogP) is -0.495. The monoisotopic (exact) mass is 209 g/mol. The molecule has 4 saturated heterocycles. The zero-order valence-electron chi connectivity index (χ0n) is 8.09. The first-order valence-electron chi connectivity index (χ1n) is 5.41. The molecule has 5 atom stereocenters. The molecule has 0 aliphatic carbocycles. The minimum Gasteiger partial charge on any atom is -0.373 e. The number of likely N-dealkylation sites (tertiary alicyclic amines) is 1. The van der Waals surface area contributed by atoms with E-state index >= 15 is 0 Å². The minimum absolute atomic E-state index is 0.0137. The Hall–Kier alpha value is -0.940. The maximum atomic E-state index is 12.0. The number of rotatable bonds is 1. The second-order valence-corrected chi connectivity index (χ2v) is 4.68. The molecule has 0 aromatic heterocycles. The Bertz CT molecular complexity index is 336. The normalized spacial score (nSPS) is 51.5. The second-order valence-electron chi connectivity index (χ2n) is 4.68. The Morgan fingerprint density at radius 1 is 1.07 bits per heavy atom. The summed E-state index contributed by atoms with van der Waals surface area (Å²) in [6.45, 7) is 0.507. The number of ether oxygens (including phenoxy) is 2. The minimum atomic E-state index is -0.269. The van der Waals surface area contributed by atoms with Crippen molar-refractivity contribution in [1.82, 2.24) is 4.90 Å². The van der Waals surface area contributed by atoms with Crippen LogP contribution < -0.4 is 0 Å². The summed E-state index contributed by atoms with van der Waals surface area (Å²) in [6, 6.07) is 0. The molecule has 2 amide bonds. The largest absolute Gasteiger partial charge is 0.373 e. The highest BCUT2D eigenvalue weighted by Gasteiger charge is 2.64. The standard InChI is InChI=1S/C10H11NO4/c12-9-7-4-1-2-5(15-4)8(7)10(13)11(9)6-3-14-6/h4-8H,1-3H2/t4-,5-,6?,7?,8?/m1/s1. The number of fused-ring (bicyclic) bond motifs is 5. The van der Waals surface area contributed by atoms with Crippen molar-refractivity contribution in [2.75, 3.05) is 6.61 Å².